The Morgan fingerprint density at radius 3 is 3.06 bits per heavy atom. The largest absolute Gasteiger partial charge is 0.494 e. The van der Waals surface area contributed by atoms with Gasteiger partial charge in [-0.1, -0.05) is 26.0 Å². The highest BCUT2D eigenvalue weighted by atomic mass is 16.5. The number of hydrogen-bond acceptors (Lipinski definition) is 3. The quantitative estimate of drug-likeness (QED) is 0.870. The minimum absolute atomic E-state index is 0.437. The Balaban J connectivity index is 1.77. The van der Waals surface area contributed by atoms with Crippen LogP contribution in [0, 0.1) is 0 Å². The first-order valence-electron chi connectivity index (χ1n) is 6.79. The van der Waals surface area contributed by atoms with Crippen molar-refractivity contribution in [3.05, 3.63) is 29.8 Å². The highest BCUT2D eigenvalue weighted by Crippen LogP contribution is 2.20. The Hall–Kier alpha value is -1.06. The maximum absolute atomic E-state index is 5.80. The molecule has 0 spiro atoms. The molecular formula is C15H23NO2. The van der Waals surface area contributed by atoms with Crippen LogP contribution in [-0.2, 0) is 4.74 Å². The molecule has 0 aliphatic carbocycles. The van der Waals surface area contributed by atoms with Gasteiger partial charge in [0.05, 0.1) is 19.8 Å². The highest BCUT2D eigenvalue weighted by molar-refractivity contribution is 5.30. The average molecular weight is 249 g/mol. The fourth-order valence-corrected chi connectivity index (χ4v) is 2.09. The summed E-state index contributed by atoms with van der Waals surface area (Å²) in [5.74, 6) is 1.51. The fraction of sp³-hybridized carbons (Fsp3) is 0.600. The normalized spacial score (nSPS) is 20.1. The van der Waals surface area contributed by atoms with E-state index in [0.717, 1.165) is 38.5 Å². The Morgan fingerprint density at radius 2 is 2.33 bits per heavy atom. The van der Waals surface area contributed by atoms with Crippen molar-refractivity contribution in [3.8, 4) is 5.75 Å². The topological polar surface area (TPSA) is 30.5 Å². The zero-order valence-corrected chi connectivity index (χ0v) is 11.3. The number of hydrogen-bond donors (Lipinski definition) is 1. The lowest BCUT2D eigenvalue weighted by molar-refractivity contribution is 0.0691. The van der Waals surface area contributed by atoms with Crippen LogP contribution >= 0.6 is 0 Å². The first-order valence-corrected chi connectivity index (χ1v) is 6.79. The molecule has 1 aliphatic rings. The third-order valence-electron chi connectivity index (χ3n) is 3.26. The van der Waals surface area contributed by atoms with Crippen molar-refractivity contribution >= 4 is 0 Å². The van der Waals surface area contributed by atoms with Crippen LogP contribution in [0.4, 0.5) is 0 Å². The molecule has 1 N–H and O–H groups in total. The van der Waals surface area contributed by atoms with E-state index in [0.29, 0.717) is 12.0 Å². The van der Waals surface area contributed by atoms with Crippen LogP contribution in [0.25, 0.3) is 0 Å². The number of rotatable bonds is 5. The predicted octanol–water partition coefficient (Wildman–Crippen LogP) is 2.57. The summed E-state index contributed by atoms with van der Waals surface area (Å²) in [5.41, 5.74) is 1.33. The molecule has 1 aromatic rings. The fourth-order valence-electron chi connectivity index (χ4n) is 2.09. The van der Waals surface area contributed by atoms with Crippen molar-refractivity contribution in [1.82, 2.24) is 5.32 Å². The van der Waals surface area contributed by atoms with E-state index in [2.05, 4.69) is 37.4 Å². The van der Waals surface area contributed by atoms with E-state index in [1.54, 1.807) is 0 Å². The molecule has 100 valence electrons. The predicted molar refractivity (Wildman–Crippen MR) is 73.3 cm³/mol. The second-order valence-corrected chi connectivity index (χ2v) is 5.09. The van der Waals surface area contributed by atoms with Crippen LogP contribution in [0.1, 0.15) is 31.7 Å². The molecule has 1 aromatic carbocycles. The summed E-state index contributed by atoms with van der Waals surface area (Å²) < 4.78 is 11.2. The van der Waals surface area contributed by atoms with Crippen molar-refractivity contribution in [3.63, 3.8) is 0 Å². The molecule has 3 heteroatoms. The van der Waals surface area contributed by atoms with Crippen LogP contribution < -0.4 is 10.1 Å². The molecule has 0 bridgehead atoms. The van der Waals surface area contributed by atoms with Crippen molar-refractivity contribution in [2.75, 3.05) is 26.4 Å². The van der Waals surface area contributed by atoms with Gasteiger partial charge in [0.2, 0.25) is 0 Å². The van der Waals surface area contributed by atoms with Crippen LogP contribution in [-0.4, -0.2) is 32.4 Å². The second kappa shape index (κ2) is 6.76. The van der Waals surface area contributed by atoms with E-state index in [1.807, 2.05) is 6.07 Å². The Kier molecular flexibility index (Phi) is 5.02. The second-order valence-electron chi connectivity index (χ2n) is 5.09. The van der Waals surface area contributed by atoms with Gasteiger partial charge < -0.3 is 14.8 Å². The number of morpholine rings is 1. The van der Waals surface area contributed by atoms with E-state index >= 15 is 0 Å². The summed E-state index contributed by atoms with van der Waals surface area (Å²) >= 11 is 0. The monoisotopic (exact) mass is 249 g/mol. The summed E-state index contributed by atoms with van der Waals surface area (Å²) in [6.45, 7) is 7.71. The summed E-state index contributed by atoms with van der Waals surface area (Å²) in [6, 6.07) is 8.80. The van der Waals surface area contributed by atoms with Gasteiger partial charge in [-0.25, -0.2) is 0 Å². The first kappa shape index (κ1) is 13.4. The smallest absolute Gasteiger partial charge is 0.119 e. The summed E-state index contributed by atoms with van der Waals surface area (Å²) in [7, 11) is 0. The SMILES string of the molecule is CC(C)c1cccc(OCCC2COCCN2)c1. The molecule has 0 aromatic heterocycles. The third kappa shape index (κ3) is 4.00. The maximum atomic E-state index is 5.80. The maximum Gasteiger partial charge on any atom is 0.119 e. The number of nitrogens with one attached hydrogen (secondary N) is 1. The molecule has 0 saturated carbocycles. The van der Waals surface area contributed by atoms with Crippen molar-refractivity contribution < 1.29 is 9.47 Å². The van der Waals surface area contributed by atoms with E-state index in [4.69, 9.17) is 9.47 Å². The summed E-state index contributed by atoms with van der Waals surface area (Å²) in [4.78, 5) is 0. The summed E-state index contributed by atoms with van der Waals surface area (Å²) in [5, 5.41) is 3.43. The molecule has 1 fully saturated rings. The molecule has 1 atom stereocenters. The zero-order valence-electron chi connectivity index (χ0n) is 11.3. The Labute approximate surface area is 109 Å². The lowest BCUT2D eigenvalue weighted by Gasteiger charge is -2.23. The molecule has 18 heavy (non-hydrogen) atoms. The number of benzene rings is 1. The van der Waals surface area contributed by atoms with E-state index < -0.39 is 0 Å². The van der Waals surface area contributed by atoms with Gasteiger partial charge in [-0.05, 0) is 30.0 Å². The Bertz CT molecular complexity index is 359. The van der Waals surface area contributed by atoms with Crippen LogP contribution in [0.15, 0.2) is 24.3 Å². The Morgan fingerprint density at radius 1 is 1.44 bits per heavy atom. The lowest BCUT2D eigenvalue weighted by Crippen LogP contribution is -2.41. The molecular weight excluding hydrogens is 226 g/mol. The van der Waals surface area contributed by atoms with Gasteiger partial charge in [0.15, 0.2) is 0 Å². The van der Waals surface area contributed by atoms with Crippen LogP contribution in [0.2, 0.25) is 0 Å². The first-order chi connectivity index (χ1) is 8.75. The minimum atomic E-state index is 0.437. The molecule has 1 aliphatic heterocycles. The van der Waals surface area contributed by atoms with Gasteiger partial charge in [-0.3, -0.25) is 0 Å². The van der Waals surface area contributed by atoms with Crippen molar-refractivity contribution in [2.24, 2.45) is 0 Å². The molecule has 0 amide bonds. The molecule has 1 saturated heterocycles. The molecule has 0 radical (unpaired) electrons. The highest BCUT2D eigenvalue weighted by Gasteiger charge is 2.12. The van der Waals surface area contributed by atoms with Crippen LogP contribution in [0.3, 0.4) is 0 Å². The van der Waals surface area contributed by atoms with E-state index in [-0.39, 0.29) is 0 Å². The standard InChI is InChI=1S/C15H23NO2/c1-12(2)13-4-3-5-15(10-13)18-8-6-14-11-17-9-7-16-14/h3-5,10,12,14,16H,6-9,11H2,1-2H3. The van der Waals surface area contributed by atoms with Gasteiger partial charge in [0.1, 0.15) is 5.75 Å². The zero-order chi connectivity index (χ0) is 12.8. The van der Waals surface area contributed by atoms with Crippen molar-refractivity contribution in [2.45, 2.75) is 32.2 Å². The molecule has 1 unspecified atom stereocenters. The average Bonchev–Trinajstić information content (AvgIpc) is 2.40. The molecule has 1 heterocycles. The van der Waals surface area contributed by atoms with E-state index in [9.17, 15) is 0 Å². The minimum Gasteiger partial charge on any atom is -0.494 e. The third-order valence-corrected chi connectivity index (χ3v) is 3.26. The van der Waals surface area contributed by atoms with Gasteiger partial charge >= 0.3 is 0 Å². The van der Waals surface area contributed by atoms with Gasteiger partial charge in [0.25, 0.3) is 0 Å². The van der Waals surface area contributed by atoms with E-state index in [1.165, 1.54) is 5.56 Å². The van der Waals surface area contributed by atoms with Gasteiger partial charge in [-0.15, -0.1) is 0 Å². The van der Waals surface area contributed by atoms with Gasteiger partial charge in [0, 0.05) is 12.6 Å². The summed E-state index contributed by atoms with van der Waals surface area (Å²) in [6.07, 6.45) is 0.992. The number of ether oxygens (including phenoxy) is 2. The lowest BCUT2D eigenvalue weighted by atomic mass is 10.0. The van der Waals surface area contributed by atoms with Crippen LogP contribution in [0.5, 0.6) is 5.75 Å². The van der Waals surface area contributed by atoms with Crippen molar-refractivity contribution in [1.29, 1.82) is 0 Å². The molecule has 3 nitrogen and oxygen atoms in total. The molecule has 2 rings (SSSR count). The van der Waals surface area contributed by atoms with Gasteiger partial charge in [-0.2, -0.15) is 0 Å².